The highest BCUT2D eigenvalue weighted by atomic mass is 16.5. The lowest BCUT2D eigenvalue weighted by Crippen LogP contribution is -2.42. The summed E-state index contributed by atoms with van der Waals surface area (Å²) in [7, 11) is 1.66. The number of nitrogens with one attached hydrogen (secondary N) is 2. The highest BCUT2D eigenvalue weighted by Crippen LogP contribution is 2.36. The number of aryl methyl sites for hydroxylation is 2. The van der Waals surface area contributed by atoms with Gasteiger partial charge in [0.15, 0.2) is 0 Å². The Morgan fingerprint density at radius 3 is 2.16 bits per heavy atom. The van der Waals surface area contributed by atoms with Gasteiger partial charge in [-0.3, -0.25) is 14.5 Å². The molecule has 0 aromatic heterocycles. The Bertz CT molecular complexity index is 2930. The first-order valence-corrected chi connectivity index (χ1v) is 28.0. The van der Waals surface area contributed by atoms with Gasteiger partial charge >= 0.3 is 0 Å². The monoisotopic (exact) mass is 1090 g/mol. The summed E-state index contributed by atoms with van der Waals surface area (Å²) in [5, 5.41) is 8.59. The molecule has 0 radical (unpaired) electrons. The molecule has 0 unspecified atom stereocenters. The van der Waals surface area contributed by atoms with Gasteiger partial charge in [-0.15, -0.1) is 0 Å². The van der Waals surface area contributed by atoms with Crippen molar-refractivity contribution in [1.29, 1.82) is 0 Å². The first-order chi connectivity index (χ1) is 39.2. The Labute approximate surface area is 471 Å². The third-order valence-corrected chi connectivity index (χ3v) is 13.9. The van der Waals surface area contributed by atoms with E-state index >= 15 is 0 Å². The average Bonchev–Trinajstić information content (AvgIpc) is 3.51. The summed E-state index contributed by atoms with van der Waals surface area (Å²) in [5.74, 6) is 1.60. The van der Waals surface area contributed by atoms with Crippen molar-refractivity contribution in [3.05, 3.63) is 155 Å². The zero-order chi connectivity index (χ0) is 55.9. The molecule has 426 valence electrons. The molecule has 80 heavy (non-hydrogen) atoms. The number of fused-ring (bicyclic) bond motifs is 2. The van der Waals surface area contributed by atoms with E-state index in [0.29, 0.717) is 154 Å². The van der Waals surface area contributed by atoms with E-state index in [1.807, 2.05) is 61.5 Å². The molecule has 2 heterocycles. The highest BCUT2D eigenvalue weighted by molar-refractivity contribution is 6.26. The molecule has 0 spiro atoms. The topological polar surface area (TPSA) is 151 Å². The van der Waals surface area contributed by atoms with Gasteiger partial charge in [0.1, 0.15) is 37.1 Å². The third-order valence-electron chi connectivity index (χ3n) is 13.9. The van der Waals surface area contributed by atoms with E-state index in [9.17, 15) is 9.59 Å². The molecule has 0 saturated carbocycles. The van der Waals surface area contributed by atoms with Gasteiger partial charge in [-0.1, -0.05) is 67.3 Å². The van der Waals surface area contributed by atoms with Crippen molar-refractivity contribution in [1.82, 2.24) is 4.90 Å². The molecule has 0 bridgehead atoms. The molecule has 8 rings (SSSR count). The summed E-state index contributed by atoms with van der Waals surface area (Å²) in [6.45, 7) is 19.9. The SMILES string of the molecule is C=Cc1ccc(COCCN2C(=O)c3cccc4c(NCCc5ccc(N6CCOc7cc(C)ccc7NCCOCCOCCN(CCOCCOCC)c7ccc(C)cc7OCC6)c(OCCOC)c5)ccc(c34)C2=O)cc1. The molecule has 6 aromatic rings. The maximum absolute atomic E-state index is 13.9. The number of rotatable bonds is 22. The number of anilines is 4. The molecule has 0 saturated heterocycles. The van der Waals surface area contributed by atoms with Gasteiger partial charge in [0.25, 0.3) is 11.8 Å². The summed E-state index contributed by atoms with van der Waals surface area (Å²) in [6, 6.07) is 36.1. The van der Waals surface area contributed by atoms with Crippen molar-refractivity contribution in [2.24, 2.45) is 0 Å². The second-order valence-electron chi connectivity index (χ2n) is 19.6. The number of methoxy groups -OCH3 is 1. The van der Waals surface area contributed by atoms with Crippen molar-refractivity contribution in [3.63, 3.8) is 0 Å². The molecule has 0 aliphatic carbocycles. The Morgan fingerprint density at radius 2 is 1.38 bits per heavy atom. The summed E-state index contributed by atoms with van der Waals surface area (Å²) < 4.78 is 54.8. The minimum atomic E-state index is -0.329. The lowest BCUT2D eigenvalue weighted by atomic mass is 9.93. The lowest BCUT2D eigenvalue weighted by molar-refractivity contribution is 0.0498. The zero-order valence-electron chi connectivity index (χ0n) is 47.1. The minimum Gasteiger partial charge on any atom is -0.490 e. The Morgan fingerprint density at radius 1 is 0.662 bits per heavy atom. The number of amides is 2. The van der Waals surface area contributed by atoms with Gasteiger partial charge in [-0.25, -0.2) is 0 Å². The summed E-state index contributed by atoms with van der Waals surface area (Å²) in [4.78, 5) is 33.6. The predicted octanol–water partition coefficient (Wildman–Crippen LogP) is 9.87. The number of imide groups is 1. The first kappa shape index (κ1) is 59.0. The Hall–Kier alpha value is -7.18. The number of hydrogen-bond donors (Lipinski definition) is 2. The van der Waals surface area contributed by atoms with Crippen LogP contribution in [0.15, 0.2) is 116 Å². The van der Waals surface area contributed by atoms with Crippen molar-refractivity contribution in [2.45, 2.75) is 33.8 Å². The van der Waals surface area contributed by atoms with Crippen LogP contribution in [-0.2, 0) is 41.4 Å². The fourth-order valence-corrected chi connectivity index (χ4v) is 9.69. The quantitative estimate of drug-likeness (QED) is 0.0490. The van der Waals surface area contributed by atoms with Gasteiger partial charge in [-0.2, -0.15) is 0 Å². The van der Waals surface area contributed by atoms with Gasteiger partial charge in [-0.05, 0) is 110 Å². The van der Waals surface area contributed by atoms with Crippen LogP contribution >= 0.6 is 0 Å². The van der Waals surface area contributed by atoms with Crippen LogP contribution in [0.4, 0.5) is 22.7 Å². The van der Waals surface area contributed by atoms with E-state index in [4.69, 9.17) is 42.6 Å². The summed E-state index contributed by atoms with van der Waals surface area (Å²) >= 11 is 0. The van der Waals surface area contributed by atoms with Crippen molar-refractivity contribution in [2.75, 3.05) is 159 Å². The molecule has 0 atom stereocenters. The smallest absolute Gasteiger partial charge is 0.261 e. The standard InChI is InChI=1S/C64H79N5O11/c1-6-49-13-15-51(16-14-49)46-77-34-30-69-63(70)53-10-8-9-52-55(20-18-54(62(52)53)64(69)71)65-24-23-50-17-22-58(61(45-50)80-42-37-72-5)68-28-35-78-59-43-47(3)11-19-56(59)66-25-31-74-40-41-76-33-27-67(26-32-75-39-38-73-7-2)57-21-12-48(4)44-60(57)79-36-29-68/h6,8-22,43-45,65-66H,1,7,23-42,46H2,2-5H3. The fourth-order valence-electron chi connectivity index (χ4n) is 9.69. The lowest BCUT2D eigenvalue weighted by Gasteiger charge is -2.29. The van der Waals surface area contributed by atoms with E-state index in [0.717, 1.165) is 67.5 Å². The van der Waals surface area contributed by atoms with Crippen molar-refractivity contribution >= 4 is 51.4 Å². The van der Waals surface area contributed by atoms with Gasteiger partial charge in [0, 0.05) is 67.5 Å². The normalized spacial score (nSPS) is 14.8. The van der Waals surface area contributed by atoms with Crippen molar-refractivity contribution < 1.29 is 52.2 Å². The van der Waals surface area contributed by atoms with Crippen LogP contribution in [0.5, 0.6) is 17.2 Å². The molecule has 16 nitrogen and oxygen atoms in total. The molecular formula is C64H79N5O11. The molecule has 2 aliphatic heterocycles. The van der Waals surface area contributed by atoms with Crippen LogP contribution in [0, 0.1) is 13.8 Å². The second-order valence-corrected chi connectivity index (χ2v) is 19.6. The number of carbonyl (C=O) groups is 2. The largest absolute Gasteiger partial charge is 0.490 e. The zero-order valence-corrected chi connectivity index (χ0v) is 47.1. The van der Waals surface area contributed by atoms with Crippen molar-refractivity contribution in [3.8, 4) is 17.2 Å². The molecule has 16 heteroatoms. The number of carbonyl (C=O) groups excluding carboxylic acids is 2. The van der Waals surface area contributed by atoms with E-state index in [2.05, 4.69) is 89.4 Å². The Balaban J connectivity index is 0.987. The third kappa shape index (κ3) is 16.5. The Kier molecular flexibility index (Phi) is 22.8. The molecule has 6 aromatic carbocycles. The summed E-state index contributed by atoms with van der Waals surface area (Å²) in [6.07, 6.45) is 2.45. The average molecular weight is 1090 g/mol. The van der Waals surface area contributed by atoms with E-state index in [1.165, 1.54) is 4.90 Å². The van der Waals surface area contributed by atoms with Gasteiger partial charge in [0.2, 0.25) is 0 Å². The maximum atomic E-state index is 13.9. The van der Waals surface area contributed by atoms with Gasteiger partial charge < -0.3 is 63.1 Å². The molecule has 2 aliphatic rings. The van der Waals surface area contributed by atoms with Crippen LogP contribution in [0.1, 0.15) is 55.5 Å². The number of benzene rings is 6. The van der Waals surface area contributed by atoms with E-state index in [-0.39, 0.29) is 25.0 Å². The van der Waals surface area contributed by atoms with Crippen LogP contribution < -0.4 is 34.6 Å². The fraction of sp³-hybridized carbons (Fsp3) is 0.406. The van der Waals surface area contributed by atoms with Crippen LogP contribution in [0.25, 0.3) is 16.8 Å². The van der Waals surface area contributed by atoms with Gasteiger partial charge in [0.05, 0.1) is 103 Å². The predicted molar refractivity (Wildman–Crippen MR) is 317 cm³/mol. The number of hydrogen-bond acceptors (Lipinski definition) is 15. The molecule has 2 N–H and O–H groups in total. The second kappa shape index (κ2) is 31.0. The van der Waals surface area contributed by atoms with Crippen LogP contribution in [-0.4, -0.2) is 156 Å². The summed E-state index contributed by atoms with van der Waals surface area (Å²) in [5.41, 5.74) is 9.84. The minimum absolute atomic E-state index is 0.146. The van der Waals surface area contributed by atoms with E-state index in [1.54, 1.807) is 19.3 Å². The first-order valence-electron chi connectivity index (χ1n) is 28.0. The van der Waals surface area contributed by atoms with Crippen LogP contribution in [0.3, 0.4) is 0 Å². The molecule has 0 fully saturated rings. The molecular weight excluding hydrogens is 1010 g/mol. The number of nitrogens with zero attached hydrogens (tertiary/aromatic N) is 3. The van der Waals surface area contributed by atoms with Crippen LogP contribution in [0.2, 0.25) is 0 Å². The van der Waals surface area contributed by atoms with E-state index < -0.39 is 0 Å². The highest BCUT2D eigenvalue weighted by Gasteiger charge is 2.33. The maximum Gasteiger partial charge on any atom is 0.261 e. The molecule has 2 amide bonds. The number of ether oxygens (including phenoxy) is 9.